The Balaban J connectivity index is 2.03. The van der Waals surface area contributed by atoms with Crippen molar-refractivity contribution >= 4 is 59.7 Å². The minimum Gasteiger partial charge on any atom is -0.204 e. The summed E-state index contributed by atoms with van der Waals surface area (Å²) in [6.45, 7) is 8.16. The summed E-state index contributed by atoms with van der Waals surface area (Å²) >= 11 is 1.03. The summed E-state index contributed by atoms with van der Waals surface area (Å²) in [5.41, 5.74) is 1.06. The Morgan fingerprint density at radius 2 is 0.966 bits per heavy atom. The van der Waals surface area contributed by atoms with E-state index in [1.807, 2.05) is 86.9 Å². The minimum atomic E-state index is -2.52. The first-order valence-electron chi connectivity index (χ1n) is 9.51. The standard InChI is InChI=1S/C22H22F2N2SSi2/c1-28(2,15-11-7-5-8-12-15)21-17(23)18(24)22(20-19(21)25-27-26-20)29(3,4)16-13-9-6-10-14-16/h5-14H,1-4H3. The van der Waals surface area contributed by atoms with Crippen LogP contribution in [0.2, 0.25) is 26.2 Å². The van der Waals surface area contributed by atoms with Crippen LogP contribution in [0.4, 0.5) is 8.78 Å². The van der Waals surface area contributed by atoms with Crippen LogP contribution in [0.25, 0.3) is 11.0 Å². The van der Waals surface area contributed by atoms with Crippen LogP contribution in [-0.2, 0) is 0 Å². The Kier molecular flexibility index (Phi) is 5.00. The molecule has 29 heavy (non-hydrogen) atoms. The first-order chi connectivity index (χ1) is 13.8. The highest BCUT2D eigenvalue weighted by atomic mass is 32.1. The van der Waals surface area contributed by atoms with E-state index >= 15 is 8.78 Å². The maximum atomic E-state index is 15.7. The molecule has 0 amide bonds. The number of halogens is 2. The van der Waals surface area contributed by atoms with Gasteiger partial charge in [-0.25, -0.2) is 8.78 Å². The highest BCUT2D eigenvalue weighted by Crippen LogP contribution is 2.22. The third kappa shape index (κ3) is 3.17. The van der Waals surface area contributed by atoms with Crippen molar-refractivity contribution in [3.05, 3.63) is 72.3 Å². The summed E-state index contributed by atoms with van der Waals surface area (Å²) in [5, 5.41) is 2.90. The Bertz CT molecular complexity index is 1080. The fourth-order valence-electron chi connectivity index (χ4n) is 4.08. The molecule has 0 radical (unpaired) electrons. The van der Waals surface area contributed by atoms with Gasteiger partial charge in [-0.05, 0) is 0 Å². The second kappa shape index (κ2) is 7.23. The van der Waals surface area contributed by atoms with Gasteiger partial charge in [0.2, 0.25) is 0 Å². The average molecular weight is 441 g/mol. The van der Waals surface area contributed by atoms with E-state index in [0.717, 1.165) is 22.1 Å². The molecule has 0 bridgehead atoms. The van der Waals surface area contributed by atoms with Gasteiger partial charge in [-0.3, -0.25) is 0 Å². The molecule has 0 aliphatic heterocycles. The van der Waals surface area contributed by atoms with Crippen molar-refractivity contribution < 1.29 is 8.78 Å². The lowest BCUT2D eigenvalue weighted by Gasteiger charge is -2.29. The van der Waals surface area contributed by atoms with Gasteiger partial charge in [-0.2, -0.15) is 8.75 Å². The average Bonchev–Trinajstić information content (AvgIpc) is 3.18. The van der Waals surface area contributed by atoms with Crippen molar-refractivity contribution in [2.45, 2.75) is 26.2 Å². The smallest absolute Gasteiger partial charge is 0.160 e. The number of aromatic nitrogens is 2. The van der Waals surface area contributed by atoms with Gasteiger partial charge >= 0.3 is 0 Å². The van der Waals surface area contributed by atoms with Gasteiger partial charge < -0.3 is 0 Å². The third-order valence-electron chi connectivity index (χ3n) is 5.83. The highest BCUT2D eigenvalue weighted by molar-refractivity contribution is 7.05. The van der Waals surface area contributed by atoms with Gasteiger partial charge in [-0.15, -0.1) is 0 Å². The van der Waals surface area contributed by atoms with Crippen LogP contribution in [0.5, 0.6) is 0 Å². The van der Waals surface area contributed by atoms with Crippen molar-refractivity contribution in [3.63, 3.8) is 0 Å². The molecular weight excluding hydrogens is 418 g/mol. The van der Waals surface area contributed by atoms with Crippen LogP contribution >= 0.6 is 11.7 Å². The maximum absolute atomic E-state index is 15.7. The molecule has 4 rings (SSSR count). The molecule has 0 aliphatic carbocycles. The molecule has 0 spiro atoms. The van der Waals surface area contributed by atoms with Crippen molar-refractivity contribution in [1.82, 2.24) is 8.75 Å². The van der Waals surface area contributed by atoms with E-state index in [9.17, 15) is 0 Å². The molecule has 0 saturated carbocycles. The Morgan fingerprint density at radius 1 is 0.621 bits per heavy atom. The largest absolute Gasteiger partial charge is 0.204 e. The van der Waals surface area contributed by atoms with E-state index in [1.54, 1.807) is 0 Å². The van der Waals surface area contributed by atoms with Gasteiger partial charge in [0, 0.05) is 10.4 Å². The number of nitrogens with zero attached hydrogens (tertiary/aromatic N) is 2. The molecular formula is C22H22F2N2SSi2. The molecule has 1 aromatic heterocycles. The molecule has 0 aliphatic rings. The Hall–Kier alpha value is -2.23. The molecule has 0 atom stereocenters. The van der Waals surface area contributed by atoms with Crippen LogP contribution in [0.3, 0.4) is 0 Å². The summed E-state index contributed by atoms with van der Waals surface area (Å²) in [5.74, 6) is -1.51. The zero-order chi connectivity index (χ0) is 20.8. The summed E-state index contributed by atoms with van der Waals surface area (Å²) < 4.78 is 40.4. The summed E-state index contributed by atoms with van der Waals surface area (Å²) in [7, 11) is -5.03. The van der Waals surface area contributed by atoms with E-state index in [0.29, 0.717) is 21.4 Å². The van der Waals surface area contributed by atoms with Crippen molar-refractivity contribution in [3.8, 4) is 0 Å². The number of benzene rings is 3. The van der Waals surface area contributed by atoms with E-state index in [1.165, 1.54) is 0 Å². The lowest BCUT2D eigenvalue weighted by Crippen LogP contribution is -2.59. The lowest BCUT2D eigenvalue weighted by molar-refractivity contribution is 0.520. The van der Waals surface area contributed by atoms with Gasteiger partial charge in [0.1, 0.15) is 27.2 Å². The SMILES string of the molecule is C[Si](C)(c1ccccc1)c1c(F)c(F)c([Si](C)(C)c2ccccc2)c2nsnc12. The number of hydrogen-bond acceptors (Lipinski definition) is 3. The molecule has 2 nitrogen and oxygen atoms in total. The minimum absolute atomic E-state index is 0.409. The summed E-state index contributed by atoms with van der Waals surface area (Å²) in [4.78, 5) is 0. The van der Waals surface area contributed by atoms with Gasteiger partial charge in [-0.1, -0.05) is 97.2 Å². The quantitative estimate of drug-likeness (QED) is 0.453. The zero-order valence-electron chi connectivity index (χ0n) is 16.8. The van der Waals surface area contributed by atoms with Crippen LogP contribution in [0.15, 0.2) is 60.7 Å². The molecule has 1 heterocycles. The molecule has 0 unspecified atom stereocenters. The monoisotopic (exact) mass is 440 g/mol. The van der Waals surface area contributed by atoms with Gasteiger partial charge in [0.25, 0.3) is 0 Å². The second-order valence-corrected chi connectivity index (χ2v) is 17.5. The number of rotatable bonds is 4. The van der Waals surface area contributed by atoms with Crippen LogP contribution in [-0.4, -0.2) is 24.9 Å². The predicted octanol–water partition coefficient (Wildman–Crippen LogP) is 3.61. The molecule has 0 saturated heterocycles. The molecule has 0 fully saturated rings. The second-order valence-electron chi connectivity index (χ2n) is 8.32. The normalized spacial score (nSPS) is 12.5. The number of hydrogen-bond donors (Lipinski definition) is 0. The first kappa shape index (κ1) is 20.1. The topological polar surface area (TPSA) is 25.8 Å². The van der Waals surface area contributed by atoms with Crippen LogP contribution < -0.4 is 20.7 Å². The number of fused-ring (bicyclic) bond motifs is 1. The van der Waals surface area contributed by atoms with E-state index < -0.39 is 27.8 Å². The highest BCUT2D eigenvalue weighted by Gasteiger charge is 2.40. The molecule has 7 heteroatoms. The fraction of sp³-hybridized carbons (Fsp3) is 0.182. The van der Waals surface area contributed by atoms with Crippen molar-refractivity contribution in [2.75, 3.05) is 0 Å². The van der Waals surface area contributed by atoms with Crippen LogP contribution in [0, 0.1) is 11.6 Å². The molecule has 148 valence electrons. The van der Waals surface area contributed by atoms with Crippen molar-refractivity contribution in [2.24, 2.45) is 0 Å². The van der Waals surface area contributed by atoms with Gasteiger partial charge in [0.15, 0.2) is 11.6 Å². The van der Waals surface area contributed by atoms with E-state index in [-0.39, 0.29) is 0 Å². The Morgan fingerprint density at radius 3 is 1.31 bits per heavy atom. The maximum Gasteiger partial charge on any atom is 0.160 e. The van der Waals surface area contributed by atoms with E-state index in [4.69, 9.17) is 0 Å². The molecule has 3 aromatic carbocycles. The molecule has 4 aromatic rings. The first-order valence-corrected chi connectivity index (χ1v) is 16.2. The fourth-order valence-corrected chi connectivity index (χ4v) is 10.3. The Labute approximate surface area is 175 Å². The zero-order valence-corrected chi connectivity index (χ0v) is 19.6. The summed E-state index contributed by atoms with van der Waals surface area (Å²) in [6, 6.07) is 19.6. The van der Waals surface area contributed by atoms with Gasteiger partial charge in [0.05, 0.1) is 11.7 Å². The lowest BCUT2D eigenvalue weighted by atomic mass is 10.3. The van der Waals surface area contributed by atoms with Crippen LogP contribution in [0.1, 0.15) is 0 Å². The predicted molar refractivity (Wildman–Crippen MR) is 124 cm³/mol. The summed E-state index contributed by atoms with van der Waals surface area (Å²) in [6.07, 6.45) is 0. The van der Waals surface area contributed by atoms with E-state index in [2.05, 4.69) is 8.75 Å². The molecule has 0 N–H and O–H groups in total. The third-order valence-corrected chi connectivity index (χ3v) is 13.3. The van der Waals surface area contributed by atoms with Crippen molar-refractivity contribution in [1.29, 1.82) is 0 Å².